The average Bonchev–Trinajstić information content (AvgIpc) is 3.33. The van der Waals surface area contributed by atoms with E-state index in [9.17, 15) is 13.2 Å². The highest BCUT2D eigenvalue weighted by Gasteiger charge is 2.29. The SMILES string of the molecule is O=C(Nc1ccc2c(c1)CCO2)c1cc(S(=O)(=O)N2CCOCC2)ccc1N1CCOCC1. The van der Waals surface area contributed by atoms with Crippen molar-refractivity contribution in [2.45, 2.75) is 11.3 Å². The Bertz CT molecular complexity index is 1140. The van der Waals surface area contributed by atoms with Gasteiger partial charge in [-0.2, -0.15) is 4.31 Å². The van der Waals surface area contributed by atoms with Gasteiger partial charge in [0.2, 0.25) is 10.0 Å². The molecule has 1 amide bonds. The molecule has 0 spiro atoms. The fourth-order valence-corrected chi connectivity index (χ4v) is 5.77. The Hall–Kier alpha value is -2.66. The van der Waals surface area contributed by atoms with E-state index in [0.717, 1.165) is 17.7 Å². The molecule has 5 rings (SSSR count). The minimum Gasteiger partial charge on any atom is -0.493 e. The minimum absolute atomic E-state index is 0.105. The standard InChI is InChI=1S/C23H27N3O6S/c27-23(24-18-1-4-22-17(15-18)5-10-32-22)20-16-19(33(28,29)26-8-13-31-14-9-26)2-3-21(20)25-6-11-30-12-7-25/h1-4,15-16H,5-14H2,(H,24,27). The predicted octanol–water partition coefficient (Wildman–Crippen LogP) is 1.73. The molecule has 10 heteroatoms. The Labute approximate surface area is 193 Å². The molecule has 3 aliphatic heterocycles. The second-order valence-corrected chi connectivity index (χ2v) is 10.1. The van der Waals surface area contributed by atoms with E-state index in [1.165, 1.54) is 10.4 Å². The van der Waals surface area contributed by atoms with E-state index in [4.69, 9.17) is 14.2 Å². The number of benzene rings is 2. The van der Waals surface area contributed by atoms with Crippen molar-refractivity contribution in [3.63, 3.8) is 0 Å². The molecule has 0 saturated carbocycles. The molecule has 33 heavy (non-hydrogen) atoms. The Kier molecular flexibility index (Phi) is 6.24. The lowest BCUT2D eigenvalue weighted by Crippen LogP contribution is -2.41. The maximum atomic E-state index is 13.4. The summed E-state index contributed by atoms with van der Waals surface area (Å²) in [5, 5.41) is 2.94. The van der Waals surface area contributed by atoms with E-state index in [1.807, 2.05) is 12.1 Å². The van der Waals surface area contributed by atoms with Gasteiger partial charge in [0, 0.05) is 44.0 Å². The summed E-state index contributed by atoms with van der Waals surface area (Å²) < 4.78 is 44.1. The van der Waals surface area contributed by atoms with Crippen LogP contribution in [0.25, 0.3) is 0 Å². The first kappa shape index (κ1) is 22.1. The lowest BCUT2D eigenvalue weighted by molar-refractivity contribution is 0.0730. The van der Waals surface area contributed by atoms with Crippen LogP contribution >= 0.6 is 0 Å². The highest BCUT2D eigenvalue weighted by atomic mass is 32.2. The Balaban J connectivity index is 1.48. The van der Waals surface area contributed by atoms with E-state index in [1.54, 1.807) is 18.2 Å². The molecule has 0 atom stereocenters. The molecule has 0 aromatic heterocycles. The highest BCUT2D eigenvalue weighted by molar-refractivity contribution is 7.89. The van der Waals surface area contributed by atoms with Crippen LogP contribution in [0.15, 0.2) is 41.3 Å². The largest absolute Gasteiger partial charge is 0.493 e. The Morgan fingerprint density at radius 1 is 0.879 bits per heavy atom. The summed E-state index contributed by atoms with van der Waals surface area (Å²) in [5.74, 6) is 0.481. The van der Waals surface area contributed by atoms with E-state index in [2.05, 4.69) is 10.2 Å². The molecule has 0 bridgehead atoms. The lowest BCUT2D eigenvalue weighted by Gasteiger charge is -2.31. The molecule has 0 unspecified atom stereocenters. The third-order valence-corrected chi connectivity index (χ3v) is 8.01. The summed E-state index contributed by atoms with van der Waals surface area (Å²) in [6, 6.07) is 10.3. The first-order chi connectivity index (χ1) is 16.0. The Morgan fingerprint density at radius 2 is 1.61 bits per heavy atom. The second-order valence-electron chi connectivity index (χ2n) is 8.17. The molecule has 2 aromatic carbocycles. The van der Waals surface area contributed by atoms with E-state index in [0.29, 0.717) is 76.2 Å². The zero-order valence-electron chi connectivity index (χ0n) is 18.3. The number of carbonyl (C=O) groups excluding carboxylic acids is 1. The smallest absolute Gasteiger partial charge is 0.257 e. The first-order valence-electron chi connectivity index (χ1n) is 11.1. The van der Waals surface area contributed by atoms with Crippen molar-refractivity contribution in [3.8, 4) is 5.75 Å². The number of rotatable bonds is 5. The molecule has 2 saturated heterocycles. The molecular weight excluding hydrogens is 446 g/mol. The van der Waals surface area contributed by atoms with E-state index in [-0.39, 0.29) is 10.8 Å². The maximum absolute atomic E-state index is 13.4. The number of morpholine rings is 2. The number of carbonyl (C=O) groups is 1. The predicted molar refractivity (Wildman–Crippen MR) is 123 cm³/mol. The van der Waals surface area contributed by atoms with Gasteiger partial charge in [-0.25, -0.2) is 8.42 Å². The zero-order chi connectivity index (χ0) is 22.8. The molecule has 3 heterocycles. The summed E-state index contributed by atoms with van der Waals surface area (Å²) in [4.78, 5) is 15.6. The monoisotopic (exact) mass is 473 g/mol. The molecule has 9 nitrogen and oxygen atoms in total. The lowest BCUT2D eigenvalue weighted by atomic mass is 10.1. The van der Waals surface area contributed by atoms with Crippen LogP contribution in [-0.2, 0) is 25.9 Å². The number of nitrogens with zero attached hydrogens (tertiary/aromatic N) is 2. The number of hydrogen-bond acceptors (Lipinski definition) is 7. The minimum atomic E-state index is -3.73. The van der Waals surface area contributed by atoms with Crippen molar-refractivity contribution in [3.05, 3.63) is 47.5 Å². The first-order valence-corrected chi connectivity index (χ1v) is 12.6. The van der Waals surface area contributed by atoms with Crippen LogP contribution in [0.5, 0.6) is 5.75 Å². The van der Waals surface area contributed by atoms with Crippen LogP contribution in [0.1, 0.15) is 15.9 Å². The highest BCUT2D eigenvalue weighted by Crippen LogP contribution is 2.30. The van der Waals surface area contributed by atoms with Crippen molar-refractivity contribution < 1.29 is 27.4 Å². The zero-order valence-corrected chi connectivity index (χ0v) is 19.1. The molecule has 2 aromatic rings. The van der Waals surface area contributed by atoms with Crippen LogP contribution in [0.3, 0.4) is 0 Å². The van der Waals surface area contributed by atoms with Gasteiger partial charge in [0.25, 0.3) is 5.91 Å². The van der Waals surface area contributed by atoms with Gasteiger partial charge < -0.3 is 24.4 Å². The van der Waals surface area contributed by atoms with Gasteiger partial charge in [0.15, 0.2) is 0 Å². The number of ether oxygens (including phenoxy) is 3. The summed E-state index contributed by atoms with van der Waals surface area (Å²) >= 11 is 0. The molecule has 2 fully saturated rings. The molecule has 3 aliphatic rings. The van der Waals surface area contributed by atoms with Crippen molar-refractivity contribution >= 4 is 27.3 Å². The molecule has 0 aliphatic carbocycles. The number of sulfonamides is 1. The van der Waals surface area contributed by atoms with Gasteiger partial charge in [0.1, 0.15) is 5.75 Å². The maximum Gasteiger partial charge on any atom is 0.257 e. The van der Waals surface area contributed by atoms with Crippen LogP contribution in [0.4, 0.5) is 11.4 Å². The molecule has 1 N–H and O–H groups in total. The van der Waals surface area contributed by atoms with Crippen LogP contribution in [-0.4, -0.2) is 77.8 Å². The number of anilines is 2. The summed E-state index contributed by atoms with van der Waals surface area (Å²) in [6.45, 7) is 4.33. The van der Waals surface area contributed by atoms with Gasteiger partial charge in [-0.3, -0.25) is 4.79 Å². The number of nitrogens with one attached hydrogen (secondary N) is 1. The van der Waals surface area contributed by atoms with Gasteiger partial charge in [-0.15, -0.1) is 0 Å². The molecule has 0 radical (unpaired) electrons. The van der Waals surface area contributed by atoms with Crippen LogP contribution in [0, 0.1) is 0 Å². The van der Waals surface area contributed by atoms with Gasteiger partial charge in [0.05, 0.1) is 43.5 Å². The van der Waals surface area contributed by atoms with E-state index < -0.39 is 10.0 Å². The van der Waals surface area contributed by atoms with Crippen molar-refractivity contribution in [2.75, 3.05) is 69.4 Å². The third-order valence-electron chi connectivity index (χ3n) is 6.12. The van der Waals surface area contributed by atoms with Crippen LogP contribution < -0.4 is 15.0 Å². The van der Waals surface area contributed by atoms with Crippen molar-refractivity contribution in [2.24, 2.45) is 0 Å². The number of fused-ring (bicyclic) bond motifs is 1. The Morgan fingerprint density at radius 3 is 2.36 bits per heavy atom. The topological polar surface area (TPSA) is 97.4 Å². The van der Waals surface area contributed by atoms with Crippen LogP contribution in [0.2, 0.25) is 0 Å². The van der Waals surface area contributed by atoms with Gasteiger partial charge in [-0.05, 0) is 42.0 Å². The van der Waals surface area contributed by atoms with Crippen molar-refractivity contribution in [1.29, 1.82) is 0 Å². The fraction of sp³-hybridized carbons (Fsp3) is 0.435. The normalized spacial score (nSPS) is 19.1. The number of amides is 1. The van der Waals surface area contributed by atoms with Gasteiger partial charge in [-0.1, -0.05) is 0 Å². The quantitative estimate of drug-likeness (QED) is 0.706. The fourth-order valence-electron chi connectivity index (χ4n) is 4.34. The third kappa shape index (κ3) is 4.56. The average molecular weight is 474 g/mol. The molecule has 176 valence electrons. The van der Waals surface area contributed by atoms with E-state index >= 15 is 0 Å². The van der Waals surface area contributed by atoms with Crippen molar-refractivity contribution in [1.82, 2.24) is 4.31 Å². The van der Waals surface area contributed by atoms with Gasteiger partial charge >= 0.3 is 0 Å². The summed E-state index contributed by atoms with van der Waals surface area (Å²) in [7, 11) is -3.73. The summed E-state index contributed by atoms with van der Waals surface area (Å²) in [5.41, 5.74) is 2.72. The summed E-state index contributed by atoms with van der Waals surface area (Å²) in [6.07, 6.45) is 0.797. The number of hydrogen-bond donors (Lipinski definition) is 1. The second kappa shape index (κ2) is 9.30. The molecular formula is C23H27N3O6S.